The van der Waals surface area contributed by atoms with Crippen LogP contribution in [0, 0.1) is 0 Å². The van der Waals surface area contributed by atoms with E-state index in [1.165, 1.54) is 0 Å². The summed E-state index contributed by atoms with van der Waals surface area (Å²) in [6.45, 7) is 0.503. The molecule has 1 fully saturated rings. The summed E-state index contributed by atoms with van der Waals surface area (Å²) >= 11 is 0. The second-order valence-corrected chi connectivity index (χ2v) is 6.33. The van der Waals surface area contributed by atoms with Gasteiger partial charge in [-0.1, -0.05) is 42.5 Å². The molecule has 1 aliphatic rings. The first-order chi connectivity index (χ1) is 13.1. The van der Waals surface area contributed by atoms with Gasteiger partial charge in [0, 0.05) is 31.8 Å². The minimum atomic E-state index is -1.02. The van der Waals surface area contributed by atoms with Crippen molar-refractivity contribution in [1.29, 1.82) is 0 Å². The molecule has 0 radical (unpaired) electrons. The summed E-state index contributed by atoms with van der Waals surface area (Å²) in [6.07, 6.45) is 5.12. The number of hydrogen-bond donors (Lipinski definition) is 1. The summed E-state index contributed by atoms with van der Waals surface area (Å²) in [5.74, 6) is -0.874. The van der Waals surface area contributed by atoms with Crippen LogP contribution in [-0.4, -0.2) is 60.3 Å². The van der Waals surface area contributed by atoms with Gasteiger partial charge in [-0.2, -0.15) is 0 Å². The van der Waals surface area contributed by atoms with E-state index in [1.807, 2.05) is 30.3 Å². The van der Waals surface area contributed by atoms with E-state index >= 15 is 0 Å². The Morgan fingerprint density at radius 2 is 2.04 bits per heavy atom. The van der Waals surface area contributed by atoms with Crippen LogP contribution >= 0.6 is 0 Å². The molecule has 146 valence electrons. The topological polar surface area (TPSA) is 93.1 Å². The van der Waals surface area contributed by atoms with Crippen LogP contribution < -0.4 is 0 Å². The molecule has 1 N–H and O–H groups in total. The van der Waals surface area contributed by atoms with Gasteiger partial charge in [0.15, 0.2) is 0 Å². The molecule has 1 saturated heterocycles. The molecular weight excluding hydrogens is 350 g/mol. The van der Waals surface area contributed by atoms with Crippen LogP contribution in [0.2, 0.25) is 0 Å². The average Bonchev–Trinajstić information content (AvgIpc) is 2.65. The second-order valence-electron chi connectivity index (χ2n) is 6.33. The lowest BCUT2D eigenvalue weighted by Gasteiger charge is -2.34. The Morgan fingerprint density at radius 1 is 1.26 bits per heavy atom. The van der Waals surface area contributed by atoms with E-state index in [4.69, 9.17) is 14.6 Å². The fraction of sp³-hybridized carbons (Fsp3) is 0.450. The van der Waals surface area contributed by atoms with Gasteiger partial charge in [-0.3, -0.25) is 4.79 Å². The first kappa shape index (κ1) is 20.6. The van der Waals surface area contributed by atoms with Gasteiger partial charge in [0.2, 0.25) is 0 Å². The third-order valence-electron chi connectivity index (χ3n) is 4.26. The van der Waals surface area contributed by atoms with Crippen molar-refractivity contribution in [1.82, 2.24) is 4.90 Å². The van der Waals surface area contributed by atoms with Crippen LogP contribution in [0.1, 0.15) is 24.8 Å². The first-order valence-corrected chi connectivity index (χ1v) is 9.00. The minimum Gasteiger partial charge on any atom is -0.480 e. The van der Waals surface area contributed by atoms with Crippen LogP contribution in [0.3, 0.4) is 0 Å². The molecule has 0 saturated carbocycles. The second kappa shape index (κ2) is 11.1. The molecule has 1 heterocycles. The van der Waals surface area contributed by atoms with E-state index in [-0.39, 0.29) is 25.0 Å². The number of carbonyl (C=O) groups is 3. The Labute approximate surface area is 158 Å². The summed E-state index contributed by atoms with van der Waals surface area (Å²) in [7, 11) is 0. The van der Waals surface area contributed by atoms with E-state index in [0.717, 1.165) is 5.56 Å². The highest BCUT2D eigenvalue weighted by Crippen LogP contribution is 2.19. The Hall–Kier alpha value is -2.67. The number of ether oxygens (including phenoxy) is 2. The fourth-order valence-corrected chi connectivity index (χ4v) is 2.90. The van der Waals surface area contributed by atoms with Crippen molar-refractivity contribution >= 4 is 17.8 Å². The first-order valence-electron chi connectivity index (χ1n) is 9.00. The maximum absolute atomic E-state index is 12.2. The molecule has 1 amide bonds. The number of benzene rings is 1. The Kier molecular flexibility index (Phi) is 8.51. The fourth-order valence-electron chi connectivity index (χ4n) is 2.90. The predicted octanol–water partition coefficient (Wildman–Crippen LogP) is 2.45. The number of hydrogen-bond acceptors (Lipinski definition) is 5. The highest BCUT2D eigenvalue weighted by Gasteiger charge is 2.28. The molecule has 0 aromatic heterocycles. The number of carbonyl (C=O) groups excluding carboxylic acids is 2. The zero-order valence-electron chi connectivity index (χ0n) is 15.2. The molecule has 0 aliphatic carbocycles. The summed E-state index contributed by atoms with van der Waals surface area (Å²) in [5, 5.41) is 8.49. The standard InChI is InChI=1S/C20H25NO6/c22-18(14-16-6-2-1-3-7-16)9-8-17-10-13-27-20(25)21(17)11-4-5-12-26-15-19(23)24/h1-7,17H,8-15H2,(H,23,24)/b5-4-/t17-/m0/s1. The molecule has 1 aromatic rings. The Balaban J connectivity index is 1.78. The van der Waals surface area contributed by atoms with Crippen LogP contribution in [0.4, 0.5) is 4.79 Å². The summed E-state index contributed by atoms with van der Waals surface area (Å²) in [5.41, 5.74) is 0.992. The Morgan fingerprint density at radius 3 is 2.78 bits per heavy atom. The highest BCUT2D eigenvalue weighted by molar-refractivity contribution is 5.81. The molecule has 0 spiro atoms. The molecule has 7 heteroatoms. The normalized spacial score (nSPS) is 17.1. The summed E-state index contributed by atoms with van der Waals surface area (Å²) in [6, 6.07) is 9.55. The quantitative estimate of drug-likeness (QED) is 0.472. The van der Waals surface area contributed by atoms with Crippen LogP contribution in [0.25, 0.3) is 0 Å². The van der Waals surface area contributed by atoms with Crippen LogP contribution in [0.5, 0.6) is 0 Å². The third-order valence-corrected chi connectivity index (χ3v) is 4.26. The summed E-state index contributed by atoms with van der Waals surface area (Å²) < 4.78 is 10.0. The van der Waals surface area contributed by atoms with E-state index in [9.17, 15) is 14.4 Å². The third kappa shape index (κ3) is 7.62. The maximum atomic E-state index is 12.2. The van der Waals surface area contributed by atoms with Crippen molar-refractivity contribution in [2.45, 2.75) is 31.7 Å². The number of aliphatic carboxylic acids is 1. The molecular formula is C20H25NO6. The lowest BCUT2D eigenvalue weighted by molar-refractivity contribution is -0.141. The Bertz CT molecular complexity index is 658. The van der Waals surface area contributed by atoms with E-state index in [2.05, 4.69) is 0 Å². The van der Waals surface area contributed by atoms with Crippen molar-refractivity contribution < 1.29 is 29.0 Å². The summed E-state index contributed by atoms with van der Waals surface area (Å²) in [4.78, 5) is 36.2. The molecule has 27 heavy (non-hydrogen) atoms. The monoisotopic (exact) mass is 375 g/mol. The number of carboxylic acids is 1. The van der Waals surface area contributed by atoms with Crippen molar-refractivity contribution in [2.75, 3.05) is 26.4 Å². The highest BCUT2D eigenvalue weighted by atomic mass is 16.6. The lowest BCUT2D eigenvalue weighted by Crippen LogP contribution is -2.45. The molecule has 1 atom stereocenters. The zero-order chi connectivity index (χ0) is 19.5. The molecule has 1 aromatic carbocycles. The van der Waals surface area contributed by atoms with Crippen LogP contribution in [-0.2, 0) is 25.5 Å². The molecule has 1 aliphatic heterocycles. The largest absolute Gasteiger partial charge is 0.480 e. The van der Waals surface area contributed by atoms with Gasteiger partial charge >= 0.3 is 12.1 Å². The van der Waals surface area contributed by atoms with E-state index in [0.29, 0.717) is 38.8 Å². The van der Waals surface area contributed by atoms with Gasteiger partial charge in [-0.05, 0) is 12.0 Å². The van der Waals surface area contributed by atoms with Gasteiger partial charge in [0.25, 0.3) is 0 Å². The number of carboxylic acid groups (broad SMARTS) is 1. The molecule has 7 nitrogen and oxygen atoms in total. The van der Waals surface area contributed by atoms with Gasteiger partial charge in [-0.15, -0.1) is 0 Å². The van der Waals surface area contributed by atoms with Crippen molar-refractivity contribution in [3.05, 3.63) is 48.0 Å². The number of nitrogens with zero attached hydrogens (tertiary/aromatic N) is 1. The lowest BCUT2D eigenvalue weighted by atomic mass is 10.00. The van der Waals surface area contributed by atoms with Gasteiger partial charge in [0.05, 0.1) is 13.2 Å². The SMILES string of the molecule is O=C(O)COC/C=C\CN1C(=O)OCC[C@@H]1CCC(=O)Cc1ccccc1. The molecule has 2 rings (SSSR count). The van der Waals surface area contributed by atoms with Crippen LogP contribution in [0.15, 0.2) is 42.5 Å². The van der Waals surface area contributed by atoms with Gasteiger partial charge in [-0.25, -0.2) is 9.59 Å². The van der Waals surface area contributed by atoms with E-state index < -0.39 is 12.1 Å². The molecule has 0 bridgehead atoms. The van der Waals surface area contributed by atoms with Gasteiger partial charge in [0.1, 0.15) is 12.4 Å². The average molecular weight is 375 g/mol. The number of cyclic esters (lactones) is 1. The van der Waals surface area contributed by atoms with Crippen molar-refractivity contribution in [2.24, 2.45) is 0 Å². The maximum Gasteiger partial charge on any atom is 0.410 e. The van der Waals surface area contributed by atoms with E-state index in [1.54, 1.807) is 17.1 Å². The predicted molar refractivity (Wildman–Crippen MR) is 98.4 cm³/mol. The van der Waals surface area contributed by atoms with Gasteiger partial charge < -0.3 is 19.5 Å². The number of rotatable bonds is 11. The number of amides is 1. The zero-order valence-corrected chi connectivity index (χ0v) is 15.2. The minimum absolute atomic E-state index is 0.0458. The number of ketones is 1. The van der Waals surface area contributed by atoms with Crippen molar-refractivity contribution in [3.8, 4) is 0 Å². The smallest absolute Gasteiger partial charge is 0.410 e. The molecule has 0 unspecified atom stereocenters. The van der Waals surface area contributed by atoms with Crippen molar-refractivity contribution in [3.63, 3.8) is 0 Å². The number of Topliss-reactive ketones (excluding diaryl/α,β-unsaturated/α-hetero) is 1.